The largest absolute Gasteiger partial charge is 0.357 e. The molecule has 3 nitrogen and oxygen atoms in total. The van der Waals surface area contributed by atoms with E-state index in [1.165, 1.54) is 0 Å². The quantitative estimate of drug-likeness (QED) is 0.878. The van der Waals surface area contributed by atoms with Gasteiger partial charge in [0.25, 0.3) is 0 Å². The number of rotatable bonds is 4. The Morgan fingerprint density at radius 1 is 1.28 bits per heavy atom. The highest BCUT2D eigenvalue weighted by atomic mass is 16.1. The minimum atomic E-state index is 0.0439. The second-order valence-electron chi connectivity index (χ2n) is 4.56. The van der Waals surface area contributed by atoms with Gasteiger partial charge >= 0.3 is 0 Å². The maximum Gasteiger partial charge on any atom is 0.224 e. The van der Waals surface area contributed by atoms with Crippen molar-refractivity contribution in [2.45, 2.75) is 19.4 Å². The van der Waals surface area contributed by atoms with Crippen molar-refractivity contribution in [3.05, 3.63) is 59.9 Å². The van der Waals surface area contributed by atoms with Crippen molar-refractivity contribution in [3.63, 3.8) is 0 Å². The van der Waals surface area contributed by atoms with Crippen LogP contribution in [-0.2, 0) is 18.3 Å². The SMILES string of the molecule is CC(NC(=O)Cc1ccn(C)c1)c1ccccc1. The molecule has 1 N–H and O–H groups in total. The fourth-order valence-electron chi connectivity index (χ4n) is 1.97. The van der Waals surface area contributed by atoms with Gasteiger partial charge in [-0.3, -0.25) is 4.79 Å². The zero-order valence-corrected chi connectivity index (χ0v) is 10.8. The van der Waals surface area contributed by atoms with Gasteiger partial charge in [0.15, 0.2) is 0 Å². The number of aromatic nitrogens is 1. The third-order valence-corrected chi connectivity index (χ3v) is 2.93. The fraction of sp³-hybridized carbons (Fsp3) is 0.267. The Kier molecular flexibility index (Phi) is 3.82. The van der Waals surface area contributed by atoms with Crippen LogP contribution in [0, 0.1) is 0 Å². The standard InChI is InChI=1S/C15H18N2O/c1-12(14-6-4-3-5-7-14)16-15(18)10-13-8-9-17(2)11-13/h3-9,11-12H,10H2,1-2H3,(H,16,18). The van der Waals surface area contributed by atoms with Gasteiger partial charge in [0.1, 0.15) is 0 Å². The van der Waals surface area contributed by atoms with Crippen LogP contribution in [0.25, 0.3) is 0 Å². The van der Waals surface area contributed by atoms with Crippen molar-refractivity contribution >= 4 is 5.91 Å². The van der Waals surface area contributed by atoms with E-state index < -0.39 is 0 Å². The van der Waals surface area contributed by atoms with Crippen LogP contribution in [-0.4, -0.2) is 10.5 Å². The number of aryl methyl sites for hydroxylation is 1. The molecule has 0 saturated carbocycles. The minimum absolute atomic E-state index is 0.0439. The molecule has 0 aliphatic carbocycles. The summed E-state index contributed by atoms with van der Waals surface area (Å²) in [5.74, 6) is 0.0533. The molecule has 0 saturated heterocycles. The summed E-state index contributed by atoms with van der Waals surface area (Å²) in [5, 5.41) is 3.01. The van der Waals surface area contributed by atoms with E-state index in [1.54, 1.807) is 0 Å². The van der Waals surface area contributed by atoms with Crippen molar-refractivity contribution < 1.29 is 4.79 Å². The summed E-state index contributed by atoms with van der Waals surface area (Å²) in [4.78, 5) is 11.9. The maximum absolute atomic E-state index is 11.9. The van der Waals surface area contributed by atoms with Crippen molar-refractivity contribution in [1.29, 1.82) is 0 Å². The lowest BCUT2D eigenvalue weighted by molar-refractivity contribution is -0.121. The van der Waals surface area contributed by atoms with Crippen molar-refractivity contribution in [2.75, 3.05) is 0 Å². The molecule has 2 rings (SSSR count). The Morgan fingerprint density at radius 3 is 2.61 bits per heavy atom. The third kappa shape index (κ3) is 3.23. The Balaban J connectivity index is 1.92. The van der Waals surface area contributed by atoms with Gasteiger partial charge in [-0.1, -0.05) is 30.3 Å². The van der Waals surface area contributed by atoms with E-state index >= 15 is 0 Å². The highest BCUT2D eigenvalue weighted by Crippen LogP contribution is 2.11. The average molecular weight is 242 g/mol. The summed E-state index contributed by atoms with van der Waals surface area (Å²) in [6.07, 6.45) is 4.34. The first-order valence-electron chi connectivity index (χ1n) is 6.10. The fourth-order valence-corrected chi connectivity index (χ4v) is 1.97. The van der Waals surface area contributed by atoms with Gasteiger partial charge in [-0.05, 0) is 24.1 Å². The molecule has 0 radical (unpaired) electrons. The van der Waals surface area contributed by atoms with Crippen LogP contribution >= 0.6 is 0 Å². The van der Waals surface area contributed by atoms with Gasteiger partial charge in [0.2, 0.25) is 5.91 Å². The van der Waals surface area contributed by atoms with Crippen LogP contribution in [0.4, 0.5) is 0 Å². The monoisotopic (exact) mass is 242 g/mol. The van der Waals surface area contributed by atoms with Crippen LogP contribution in [0.5, 0.6) is 0 Å². The summed E-state index contributed by atoms with van der Waals surface area (Å²) < 4.78 is 1.95. The molecule has 0 spiro atoms. The molecule has 1 heterocycles. The predicted molar refractivity (Wildman–Crippen MR) is 72.1 cm³/mol. The lowest BCUT2D eigenvalue weighted by Crippen LogP contribution is -2.27. The number of amides is 1. The van der Waals surface area contributed by atoms with Gasteiger partial charge in [0, 0.05) is 19.4 Å². The molecule has 3 heteroatoms. The van der Waals surface area contributed by atoms with Gasteiger partial charge in [-0.15, -0.1) is 0 Å². The lowest BCUT2D eigenvalue weighted by Gasteiger charge is -2.13. The number of hydrogen-bond donors (Lipinski definition) is 1. The number of carbonyl (C=O) groups excluding carboxylic acids is 1. The Labute approximate surface area is 107 Å². The maximum atomic E-state index is 11.9. The first-order chi connectivity index (χ1) is 8.65. The molecular weight excluding hydrogens is 224 g/mol. The number of nitrogens with one attached hydrogen (secondary N) is 1. The highest BCUT2D eigenvalue weighted by Gasteiger charge is 2.09. The molecule has 18 heavy (non-hydrogen) atoms. The van der Waals surface area contributed by atoms with Crippen molar-refractivity contribution in [1.82, 2.24) is 9.88 Å². The number of hydrogen-bond acceptors (Lipinski definition) is 1. The van der Waals surface area contributed by atoms with E-state index in [-0.39, 0.29) is 11.9 Å². The van der Waals surface area contributed by atoms with Crippen LogP contribution in [0.15, 0.2) is 48.8 Å². The first kappa shape index (κ1) is 12.4. The summed E-state index contributed by atoms with van der Waals surface area (Å²) in [5.41, 5.74) is 2.16. The molecule has 1 atom stereocenters. The molecule has 2 aromatic rings. The van der Waals surface area contributed by atoms with E-state index in [2.05, 4.69) is 5.32 Å². The lowest BCUT2D eigenvalue weighted by atomic mass is 10.1. The summed E-state index contributed by atoms with van der Waals surface area (Å²) in [6, 6.07) is 12.0. The smallest absolute Gasteiger partial charge is 0.224 e. The second kappa shape index (κ2) is 5.54. The van der Waals surface area contributed by atoms with E-state index in [4.69, 9.17) is 0 Å². The molecule has 0 bridgehead atoms. The molecule has 94 valence electrons. The van der Waals surface area contributed by atoms with Gasteiger partial charge in [-0.25, -0.2) is 0 Å². The Hall–Kier alpha value is -2.03. The van der Waals surface area contributed by atoms with Crippen molar-refractivity contribution in [2.24, 2.45) is 7.05 Å². The van der Waals surface area contributed by atoms with Crippen molar-refractivity contribution in [3.8, 4) is 0 Å². The normalized spacial score (nSPS) is 12.1. The topological polar surface area (TPSA) is 34.0 Å². The van der Waals surface area contributed by atoms with Gasteiger partial charge in [-0.2, -0.15) is 0 Å². The predicted octanol–water partition coefficient (Wildman–Crippen LogP) is 2.45. The van der Waals surface area contributed by atoms with Crippen LogP contribution in [0.3, 0.4) is 0 Å². The van der Waals surface area contributed by atoms with Gasteiger partial charge < -0.3 is 9.88 Å². The number of nitrogens with zero attached hydrogens (tertiary/aromatic N) is 1. The summed E-state index contributed by atoms with van der Waals surface area (Å²) in [7, 11) is 1.95. The summed E-state index contributed by atoms with van der Waals surface area (Å²) in [6.45, 7) is 2.00. The zero-order chi connectivity index (χ0) is 13.0. The van der Waals surface area contributed by atoms with Gasteiger partial charge in [0.05, 0.1) is 12.5 Å². The van der Waals surface area contributed by atoms with Crippen LogP contribution in [0.1, 0.15) is 24.1 Å². The Morgan fingerprint density at radius 2 is 2.00 bits per heavy atom. The first-order valence-corrected chi connectivity index (χ1v) is 6.10. The van der Waals surface area contributed by atoms with E-state index in [1.807, 2.05) is 67.3 Å². The average Bonchev–Trinajstić information content (AvgIpc) is 2.75. The Bertz CT molecular complexity index is 516. The van der Waals surface area contributed by atoms with E-state index in [9.17, 15) is 4.79 Å². The molecule has 1 aromatic carbocycles. The molecule has 0 aliphatic heterocycles. The molecular formula is C15H18N2O. The molecule has 0 fully saturated rings. The highest BCUT2D eigenvalue weighted by molar-refractivity contribution is 5.78. The third-order valence-electron chi connectivity index (χ3n) is 2.93. The zero-order valence-electron chi connectivity index (χ0n) is 10.8. The molecule has 0 aliphatic rings. The molecule has 1 unspecified atom stereocenters. The number of carbonyl (C=O) groups is 1. The van der Waals surface area contributed by atoms with Crippen LogP contribution in [0.2, 0.25) is 0 Å². The van der Waals surface area contributed by atoms with E-state index in [0.717, 1.165) is 11.1 Å². The molecule has 1 aromatic heterocycles. The minimum Gasteiger partial charge on any atom is -0.357 e. The molecule has 1 amide bonds. The summed E-state index contributed by atoms with van der Waals surface area (Å²) >= 11 is 0. The van der Waals surface area contributed by atoms with Crippen LogP contribution < -0.4 is 5.32 Å². The number of benzene rings is 1. The second-order valence-corrected chi connectivity index (χ2v) is 4.56. The van der Waals surface area contributed by atoms with E-state index in [0.29, 0.717) is 6.42 Å².